The maximum absolute atomic E-state index is 12.3. The average Bonchev–Trinajstić information content (AvgIpc) is 3.28. The molecule has 0 amide bonds. The summed E-state index contributed by atoms with van der Waals surface area (Å²) in [6, 6.07) is 6.75. The third-order valence-corrected chi connectivity index (χ3v) is 8.67. The number of nitrogens with zero attached hydrogens (tertiary/aromatic N) is 5. The summed E-state index contributed by atoms with van der Waals surface area (Å²) >= 11 is 1.15. The van der Waals surface area contributed by atoms with Gasteiger partial charge in [0.25, 0.3) is 0 Å². The maximum atomic E-state index is 12.3. The molecule has 3 aromatic rings. The van der Waals surface area contributed by atoms with Crippen molar-refractivity contribution in [2.24, 2.45) is 0 Å². The van der Waals surface area contributed by atoms with Gasteiger partial charge in [0.2, 0.25) is 11.7 Å². The first-order valence-corrected chi connectivity index (χ1v) is 15.6. The van der Waals surface area contributed by atoms with Gasteiger partial charge in [-0.15, -0.1) is 0 Å². The summed E-state index contributed by atoms with van der Waals surface area (Å²) in [5.74, 6) is 1.48. The van der Waals surface area contributed by atoms with Crippen LogP contribution in [0.15, 0.2) is 29.2 Å². The molecule has 0 saturated carbocycles. The molecule has 1 N–H and O–H groups in total. The number of ether oxygens (including phenoxy) is 2. The van der Waals surface area contributed by atoms with Gasteiger partial charge >= 0.3 is 5.97 Å². The van der Waals surface area contributed by atoms with Crippen molar-refractivity contribution in [3.05, 3.63) is 40.4 Å². The van der Waals surface area contributed by atoms with Crippen LogP contribution in [0.3, 0.4) is 0 Å². The number of hydrogen-bond donors (Lipinski definition) is 1. The Hall–Kier alpha value is -3.78. The Bertz CT molecular complexity index is 1540. The van der Waals surface area contributed by atoms with Crippen LogP contribution >= 0.6 is 11.3 Å². The molecule has 12 nitrogen and oxygen atoms in total. The molecule has 2 aliphatic heterocycles. The van der Waals surface area contributed by atoms with Gasteiger partial charge in [0, 0.05) is 25.8 Å². The minimum absolute atomic E-state index is 0.126. The number of carbonyl (C=O) groups excluding carboxylic acids is 2. The SMILES string of the molecule is CCOC(=O)c1sc(Nc2nc(N3CCCC(=O)C3)c3c(n2)N(Cc2ccc(S(C)(=O)=O)cc2)CCO3)nc1C. The predicted octanol–water partition coefficient (Wildman–Crippen LogP) is 3.13. The van der Waals surface area contributed by atoms with Gasteiger partial charge in [-0.1, -0.05) is 23.5 Å². The molecule has 1 saturated heterocycles. The van der Waals surface area contributed by atoms with E-state index < -0.39 is 15.8 Å². The van der Waals surface area contributed by atoms with E-state index in [0.29, 0.717) is 72.2 Å². The van der Waals surface area contributed by atoms with Gasteiger partial charge in [-0.3, -0.25) is 10.1 Å². The highest BCUT2D eigenvalue weighted by molar-refractivity contribution is 7.90. The van der Waals surface area contributed by atoms with Crippen LogP contribution in [0.1, 0.15) is 40.7 Å². The fourth-order valence-electron chi connectivity index (χ4n) is 4.57. The molecule has 0 atom stereocenters. The highest BCUT2D eigenvalue weighted by Gasteiger charge is 2.30. The second kappa shape index (κ2) is 11.4. The molecular formula is C26H30N6O6S2. The smallest absolute Gasteiger partial charge is 0.350 e. The highest BCUT2D eigenvalue weighted by Crippen LogP contribution is 2.40. The van der Waals surface area contributed by atoms with Crippen molar-refractivity contribution >= 4 is 55.6 Å². The highest BCUT2D eigenvalue weighted by atomic mass is 32.2. The van der Waals surface area contributed by atoms with Crippen LogP contribution in [0.25, 0.3) is 0 Å². The van der Waals surface area contributed by atoms with Gasteiger partial charge in [-0.05, 0) is 38.0 Å². The number of thiazole rings is 1. The number of piperidine rings is 1. The van der Waals surface area contributed by atoms with Crippen molar-refractivity contribution < 1.29 is 27.5 Å². The van der Waals surface area contributed by atoms with Crippen LogP contribution < -0.4 is 19.9 Å². The van der Waals surface area contributed by atoms with E-state index in [1.807, 2.05) is 9.80 Å². The third kappa shape index (κ3) is 6.02. The van der Waals surface area contributed by atoms with Crippen LogP contribution in [-0.4, -0.2) is 74.2 Å². The summed E-state index contributed by atoms with van der Waals surface area (Å²) in [7, 11) is -3.30. The Morgan fingerprint density at radius 1 is 1.15 bits per heavy atom. The molecule has 4 heterocycles. The number of anilines is 4. The molecule has 0 radical (unpaired) electrons. The zero-order valence-corrected chi connectivity index (χ0v) is 24.1. The molecule has 2 aliphatic rings. The lowest BCUT2D eigenvalue weighted by Crippen LogP contribution is -2.39. The monoisotopic (exact) mass is 586 g/mol. The number of aromatic nitrogens is 3. The van der Waals surface area contributed by atoms with E-state index in [1.165, 1.54) is 6.26 Å². The number of Topliss-reactive ketones (excluding diaryl/α,β-unsaturated/α-hetero) is 1. The minimum atomic E-state index is -3.30. The molecule has 5 rings (SSSR count). The number of ketones is 1. The van der Waals surface area contributed by atoms with Crippen molar-refractivity contribution in [2.45, 2.75) is 38.1 Å². The zero-order valence-electron chi connectivity index (χ0n) is 22.5. The first-order chi connectivity index (χ1) is 19.1. The predicted molar refractivity (Wildman–Crippen MR) is 151 cm³/mol. The number of rotatable bonds is 8. The molecule has 212 valence electrons. The van der Waals surface area contributed by atoms with E-state index >= 15 is 0 Å². The number of aryl methyl sites for hydroxylation is 1. The number of benzene rings is 1. The molecule has 0 bridgehead atoms. The Morgan fingerprint density at radius 2 is 1.90 bits per heavy atom. The minimum Gasteiger partial charge on any atom is -0.485 e. The number of fused-ring (bicyclic) bond motifs is 1. The second-order valence-corrected chi connectivity index (χ2v) is 12.6. The van der Waals surface area contributed by atoms with E-state index in [2.05, 4.69) is 10.3 Å². The number of sulfone groups is 1. The Morgan fingerprint density at radius 3 is 2.60 bits per heavy atom. The third-order valence-electron chi connectivity index (χ3n) is 6.49. The first kappa shape index (κ1) is 27.8. The van der Waals surface area contributed by atoms with Gasteiger partial charge in [0.05, 0.1) is 30.3 Å². The van der Waals surface area contributed by atoms with Crippen LogP contribution in [0.4, 0.5) is 22.7 Å². The van der Waals surface area contributed by atoms with Gasteiger partial charge in [0.15, 0.2) is 32.4 Å². The van der Waals surface area contributed by atoms with E-state index in [0.717, 1.165) is 16.9 Å². The van der Waals surface area contributed by atoms with Crippen LogP contribution in [0, 0.1) is 6.92 Å². The van der Waals surface area contributed by atoms with Crippen LogP contribution in [0.5, 0.6) is 5.75 Å². The Balaban J connectivity index is 1.50. The second-order valence-electron chi connectivity index (χ2n) is 9.55. The number of hydrogen-bond acceptors (Lipinski definition) is 13. The summed E-state index contributed by atoms with van der Waals surface area (Å²) in [4.78, 5) is 43.1. The van der Waals surface area contributed by atoms with Crippen LogP contribution in [-0.2, 0) is 25.9 Å². The van der Waals surface area contributed by atoms with E-state index in [9.17, 15) is 18.0 Å². The van der Waals surface area contributed by atoms with Crippen molar-refractivity contribution in [1.82, 2.24) is 15.0 Å². The lowest BCUT2D eigenvalue weighted by molar-refractivity contribution is -0.118. The molecule has 40 heavy (non-hydrogen) atoms. The summed E-state index contributed by atoms with van der Waals surface area (Å²) in [6.45, 7) is 6.01. The summed E-state index contributed by atoms with van der Waals surface area (Å²) < 4.78 is 34.9. The van der Waals surface area contributed by atoms with Gasteiger partial charge in [0.1, 0.15) is 11.5 Å². The van der Waals surface area contributed by atoms with E-state index in [-0.39, 0.29) is 29.8 Å². The zero-order chi connectivity index (χ0) is 28.4. The molecular weight excluding hydrogens is 556 g/mol. The molecule has 14 heteroatoms. The number of nitrogens with one attached hydrogen (secondary N) is 1. The quantitative estimate of drug-likeness (QED) is 0.387. The fraction of sp³-hybridized carbons (Fsp3) is 0.423. The number of esters is 1. The van der Waals surface area contributed by atoms with E-state index in [1.54, 1.807) is 38.1 Å². The van der Waals surface area contributed by atoms with E-state index in [4.69, 9.17) is 19.4 Å². The van der Waals surface area contributed by atoms with Gasteiger partial charge < -0.3 is 19.3 Å². The fourth-order valence-corrected chi connectivity index (χ4v) is 6.06. The normalized spacial score (nSPS) is 15.4. The first-order valence-electron chi connectivity index (χ1n) is 12.9. The molecule has 1 aromatic carbocycles. The summed E-state index contributed by atoms with van der Waals surface area (Å²) in [5.41, 5.74) is 1.44. The van der Waals surface area contributed by atoms with Crippen molar-refractivity contribution in [3.63, 3.8) is 0 Å². The molecule has 1 fully saturated rings. The standard InChI is InChI=1S/C26H30N6O6S2/c1-4-37-24(34)21-16(2)27-26(39-21)30-25-28-22(31-11-5-6-18(33)15-31)20-23(29-25)32(12-13-38-20)14-17-7-9-19(10-8-17)40(3,35)36/h7-10H,4-6,11-15H2,1-3H3,(H,27,28,29,30). The lowest BCUT2D eigenvalue weighted by Gasteiger charge is -2.34. The topological polar surface area (TPSA) is 144 Å². The average molecular weight is 587 g/mol. The molecule has 0 aliphatic carbocycles. The van der Waals surface area contributed by atoms with Gasteiger partial charge in [-0.25, -0.2) is 18.2 Å². The summed E-state index contributed by atoms with van der Waals surface area (Å²) in [5, 5.41) is 3.56. The van der Waals surface area contributed by atoms with Crippen LogP contribution in [0.2, 0.25) is 0 Å². The van der Waals surface area contributed by atoms with Crippen molar-refractivity contribution in [2.75, 3.05) is 54.2 Å². The summed E-state index contributed by atoms with van der Waals surface area (Å²) in [6.07, 6.45) is 2.42. The largest absolute Gasteiger partial charge is 0.485 e. The lowest BCUT2D eigenvalue weighted by atomic mass is 10.1. The van der Waals surface area contributed by atoms with Crippen molar-refractivity contribution in [1.29, 1.82) is 0 Å². The Kier molecular flexibility index (Phi) is 7.90. The molecule has 0 spiro atoms. The maximum Gasteiger partial charge on any atom is 0.350 e. The molecule has 2 aromatic heterocycles. The Labute approximate surface area is 236 Å². The number of carbonyl (C=O) groups is 2. The van der Waals surface area contributed by atoms with Crippen molar-refractivity contribution in [3.8, 4) is 5.75 Å². The molecule has 0 unspecified atom stereocenters. The van der Waals surface area contributed by atoms with Gasteiger partial charge in [-0.2, -0.15) is 9.97 Å².